The first kappa shape index (κ1) is 32.4. The average molecular weight is 619 g/mol. The Morgan fingerprint density at radius 2 is 1.20 bits per heavy atom. The molecule has 46 heavy (non-hydrogen) atoms. The van der Waals surface area contributed by atoms with E-state index >= 15 is 0 Å². The summed E-state index contributed by atoms with van der Waals surface area (Å²) in [4.78, 5) is 41.4. The van der Waals surface area contributed by atoms with E-state index in [1.807, 2.05) is 6.92 Å². The third-order valence-electron chi connectivity index (χ3n) is 9.34. The number of hydrogen-bond donors (Lipinski definition) is 4. The standard InChI is InChI=1S/C38H42N4O4/c1-9-23-19(5)29-17-32-24(10-2)21(7)35(41-32)27(13-15-33(43)44)38-26(12-4)22(8)36(42-38)28(14-16-34(45)46)37-25(11-3)20(6)30(40-37)18-31(23)39-29/h13-18,39,41H,9-12H2,1-8H3,(H,43,44)(H,45,46)/b15-13+,16-14+,29-17?,30-18?,31-18?,32-17?,35-27?,36-28?,37-28?,38-27?. The zero-order chi connectivity index (χ0) is 33.4. The van der Waals surface area contributed by atoms with Crippen molar-refractivity contribution in [3.63, 3.8) is 0 Å². The van der Waals surface area contributed by atoms with E-state index in [4.69, 9.17) is 9.97 Å². The molecule has 0 fully saturated rings. The number of aliphatic carboxylic acids is 2. The minimum Gasteiger partial charge on any atom is -0.478 e. The second-order valence-electron chi connectivity index (χ2n) is 11.8. The highest BCUT2D eigenvalue weighted by atomic mass is 16.4. The van der Waals surface area contributed by atoms with Crippen LogP contribution in [0.2, 0.25) is 0 Å². The van der Waals surface area contributed by atoms with Gasteiger partial charge < -0.3 is 20.2 Å². The van der Waals surface area contributed by atoms with Crippen molar-refractivity contribution in [2.45, 2.75) is 81.1 Å². The lowest BCUT2D eigenvalue weighted by Gasteiger charge is -2.07. The van der Waals surface area contributed by atoms with Crippen LogP contribution in [-0.4, -0.2) is 42.1 Å². The number of carboxylic acids is 2. The molecule has 4 N–H and O–H groups in total. The van der Waals surface area contributed by atoms with Gasteiger partial charge in [-0.25, -0.2) is 19.6 Å². The van der Waals surface area contributed by atoms with E-state index in [-0.39, 0.29) is 0 Å². The Balaban J connectivity index is 2.16. The highest BCUT2D eigenvalue weighted by Crippen LogP contribution is 2.41. The summed E-state index contributed by atoms with van der Waals surface area (Å²) in [7, 11) is 0. The van der Waals surface area contributed by atoms with Crippen LogP contribution in [-0.2, 0) is 22.4 Å². The Morgan fingerprint density at radius 3 is 1.78 bits per heavy atom. The van der Waals surface area contributed by atoms with Crippen molar-refractivity contribution < 1.29 is 19.8 Å². The number of nitrogens with one attached hydrogen (secondary N) is 2. The zero-order valence-electron chi connectivity index (χ0n) is 27.9. The molecule has 0 aliphatic carbocycles. The number of aromatic amines is 2. The molecule has 8 heteroatoms. The van der Waals surface area contributed by atoms with Crippen LogP contribution in [0.15, 0.2) is 24.3 Å². The Kier molecular flexibility index (Phi) is 9.01. The molecule has 5 rings (SSSR count). The number of carboxylic acid groups (broad SMARTS) is 2. The summed E-state index contributed by atoms with van der Waals surface area (Å²) in [5.74, 6) is -2.12. The van der Waals surface area contributed by atoms with Gasteiger partial charge in [0, 0.05) is 39.8 Å². The van der Waals surface area contributed by atoms with Gasteiger partial charge >= 0.3 is 11.9 Å². The molecule has 2 aliphatic heterocycles. The minimum atomic E-state index is -1.07. The van der Waals surface area contributed by atoms with Gasteiger partial charge in [0.25, 0.3) is 0 Å². The SMILES string of the molecule is CCC1=C(C)c2cc3[nH]c(cc4[nH]c(c(C)c4CC)c(/C=C/C(=O)O)c4nc(c(/C=C/C(=O)O)c1n2)C(C)=C4CC)c(C)c3CC. The number of H-pyrrole nitrogens is 2. The van der Waals surface area contributed by atoms with Crippen LogP contribution in [0, 0.1) is 13.8 Å². The number of hydrogen-bond acceptors (Lipinski definition) is 4. The van der Waals surface area contributed by atoms with Gasteiger partial charge in [-0.05, 0) is 122 Å². The molecule has 8 nitrogen and oxygen atoms in total. The van der Waals surface area contributed by atoms with Gasteiger partial charge in [0.15, 0.2) is 0 Å². The van der Waals surface area contributed by atoms with Crippen molar-refractivity contribution in [2.24, 2.45) is 0 Å². The molecule has 8 bridgehead atoms. The fourth-order valence-corrected chi connectivity index (χ4v) is 6.95. The first-order valence-corrected chi connectivity index (χ1v) is 16.0. The predicted molar refractivity (Wildman–Crippen MR) is 188 cm³/mol. The van der Waals surface area contributed by atoms with E-state index in [2.05, 4.69) is 70.6 Å². The second-order valence-corrected chi connectivity index (χ2v) is 11.8. The van der Waals surface area contributed by atoms with Crippen LogP contribution < -0.4 is 0 Å². The van der Waals surface area contributed by atoms with Crippen molar-refractivity contribution in [1.82, 2.24) is 19.9 Å². The van der Waals surface area contributed by atoms with E-state index in [1.165, 1.54) is 5.56 Å². The topological polar surface area (TPSA) is 132 Å². The maximum absolute atomic E-state index is 11.8. The summed E-state index contributed by atoms with van der Waals surface area (Å²) in [6, 6.07) is 4.26. The predicted octanol–water partition coefficient (Wildman–Crippen LogP) is 8.93. The Bertz CT molecular complexity index is 2080. The van der Waals surface area contributed by atoms with Crippen molar-refractivity contribution in [1.29, 1.82) is 0 Å². The maximum Gasteiger partial charge on any atom is 0.328 e. The molecule has 238 valence electrons. The summed E-state index contributed by atoms with van der Waals surface area (Å²) in [6.07, 6.45) is 8.45. The molecule has 5 heterocycles. The number of aromatic nitrogens is 4. The highest BCUT2D eigenvalue weighted by molar-refractivity contribution is 6.02. The lowest BCUT2D eigenvalue weighted by atomic mass is 9.95. The molecule has 0 amide bonds. The van der Waals surface area contributed by atoms with Gasteiger partial charge in [-0.3, -0.25) is 0 Å². The normalized spacial score (nSPS) is 13.6. The zero-order valence-corrected chi connectivity index (χ0v) is 27.9. The largest absolute Gasteiger partial charge is 0.478 e. The van der Waals surface area contributed by atoms with Gasteiger partial charge in [-0.15, -0.1) is 0 Å². The Labute approximate surface area is 269 Å². The van der Waals surface area contributed by atoms with E-state index in [1.54, 1.807) is 12.2 Å². The molecule has 3 aromatic heterocycles. The fourth-order valence-electron chi connectivity index (χ4n) is 6.95. The van der Waals surface area contributed by atoms with E-state index in [0.29, 0.717) is 41.1 Å². The first-order chi connectivity index (χ1) is 21.9. The maximum atomic E-state index is 11.8. The third-order valence-corrected chi connectivity index (χ3v) is 9.34. The lowest BCUT2D eigenvalue weighted by Crippen LogP contribution is -1.95. The van der Waals surface area contributed by atoms with Gasteiger partial charge in [0.1, 0.15) is 0 Å². The first-order valence-electron chi connectivity index (χ1n) is 16.0. The summed E-state index contributed by atoms with van der Waals surface area (Å²) >= 11 is 0. The number of allylic oxidation sites excluding steroid dienone is 4. The second kappa shape index (κ2) is 12.8. The molecular weight excluding hydrogens is 576 g/mol. The van der Waals surface area contributed by atoms with Crippen LogP contribution in [0.1, 0.15) is 111 Å². The Morgan fingerprint density at radius 1 is 0.652 bits per heavy atom. The number of carbonyl (C=O) groups is 2. The lowest BCUT2D eigenvalue weighted by molar-refractivity contribution is -0.132. The monoisotopic (exact) mass is 618 g/mol. The number of aryl methyl sites for hydroxylation is 4. The molecule has 0 saturated heterocycles. The molecule has 0 spiro atoms. The summed E-state index contributed by atoms with van der Waals surface area (Å²) in [6.45, 7) is 16.6. The number of nitrogens with zero attached hydrogens (tertiary/aromatic N) is 2. The quantitative estimate of drug-likeness (QED) is 0.186. The van der Waals surface area contributed by atoms with E-state index in [0.717, 1.165) is 91.7 Å². The molecule has 2 aliphatic rings. The van der Waals surface area contributed by atoms with Crippen molar-refractivity contribution in [2.75, 3.05) is 0 Å². The summed E-state index contributed by atoms with van der Waals surface area (Å²) in [5.41, 5.74) is 16.3. The summed E-state index contributed by atoms with van der Waals surface area (Å²) < 4.78 is 0. The van der Waals surface area contributed by atoms with E-state index < -0.39 is 11.9 Å². The third kappa shape index (κ3) is 5.53. The van der Waals surface area contributed by atoms with Gasteiger partial charge in [0.2, 0.25) is 0 Å². The molecule has 0 unspecified atom stereocenters. The Hall–Kier alpha value is -4.98. The average Bonchev–Trinajstić information content (AvgIpc) is 3.70. The molecule has 0 aromatic carbocycles. The number of rotatable bonds is 8. The smallest absolute Gasteiger partial charge is 0.328 e. The van der Waals surface area contributed by atoms with Crippen LogP contribution in [0.25, 0.3) is 56.5 Å². The van der Waals surface area contributed by atoms with Gasteiger partial charge in [-0.1, -0.05) is 27.7 Å². The van der Waals surface area contributed by atoms with E-state index in [9.17, 15) is 19.8 Å². The van der Waals surface area contributed by atoms with Crippen LogP contribution in [0.4, 0.5) is 0 Å². The van der Waals surface area contributed by atoms with Crippen molar-refractivity contribution >= 4 is 68.4 Å². The molecule has 0 atom stereocenters. The van der Waals surface area contributed by atoms with Crippen molar-refractivity contribution in [3.8, 4) is 0 Å². The van der Waals surface area contributed by atoms with Gasteiger partial charge in [0.05, 0.1) is 28.3 Å². The molecule has 0 saturated carbocycles. The van der Waals surface area contributed by atoms with Crippen LogP contribution in [0.3, 0.4) is 0 Å². The minimum absolute atomic E-state index is 0.625. The van der Waals surface area contributed by atoms with Crippen LogP contribution >= 0.6 is 0 Å². The number of fused-ring (bicyclic) bond motifs is 8. The van der Waals surface area contributed by atoms with Crippen molar-refractivity contribution in [3.05, 3.63) is 80.4 Å². The highest BCUT2D eigenvalue weighted by Gasteiger charge is 2.26. The summed E-state index contributed by atoms with van der Waals surface area (Å²) in [5, 5.41) is 19.4. The molecular formula is C38H42N4O4. The van der Waals surface area contributed by atoms with Gasteiger partial charge in [-0.2, -0.15) is 0 Å². The molecule has 3 aromatic rings. The van der Waals surface area contributed by atoms with Crippen LogP contribution in [0.5, 0.6) is 0 Å². The fraction of sp³-hybridized carbons (Fsp3) is 0.316. The molecule has 0 radical (unpaired) electrons.